The van der Waals surface area contributed by atoms with Crippen LogP contribution in [0.5, 0.6) is 0 Å². The summed E-state index contributed by atoms with van der Waals surface area (Å²) in [5.74, 6) is 0.283. The molecule has 0 heterocycles. The molecule has 63 heavy (non-hydrogen) atoms. The zero-order valence-electron chi connectivity index (χ0n) is 35.5. The molecule has 1 heteroatoms. The van der Waals surface area contributed by atoms with Crippen LogP contribution in [0.3, 0.4) is 0 Å². The van der Waals surface area contributed by atoms with Crippen LogP contribution in [0.2, 0.25) is 0 Å². The molecule has 0 saturated carbocycles. The highest BCUT2D eigenvalue weighted by Gasteiger charge is 2.51. The SMILES string of the molecule is C1=CCC(C2(c3ccccc3)C3=C(C=CCC3)c3ccc(N(c4ccc5c(c4)C(c4ccccc4)(c4ccccc4)C4=C5CCC=C4)c4ccccc4-c4ccccc4)cc32)C=C1. The minimum atomic E-state index is -0.471. The first kappa shape index (κ1) is 37.5. The summed E-state index contributed by atoms with van der Waals surface area (Å²) >= 11 is 0. The number of para-hydroxylation sites is 1. The van der Waals surface area contributed by atoms with E-state index in [4.69, 9.17) is 0 Å². The van der Waals surface area contributed by atoms with Gasteiger partial charge in [-0.2, -0.15) is 0 Å². The Kier molecular flexibility index (Phi) is 9.11. The number of nitrogens with zero attached hydrogens (tertiary/aromatic N) is 1. The third-order valence-corrected chi connectivity index (χ3v) is 14.6. The topological polar surface area (TPSA) is 3.24 Å². The van der Waals surface area contributed by atoms with Crippen LogP contribution in [-0.2, 0) is 10.8 Å². The number of benzene rings is 7. The smallest absolute Gasteiger partial charge is 0.0710 e. The molecule has 0 spiro atoms. The second kappa shape index (κ2) is 15.3. The van der Waals surface area contributed by atoms with E-state index in [1.54, 1.807) is 5.57 Å². The van der Waals surface area contributed by atoms with Gasteiger partial charge in [-0.05, 0) is 135 Å². The molecule has 5 aliphatic carbocycles. The van der Waals surface area contributed by atoms with Gasteiger partial charge >= 0.3 is 0 Å². The number of rotatable bonds is 8. The Balaban J connectivity index is 1.14. The van der Waals surface area contributed by atoms with Gasteiger partial charge in [-0.1, -0.05) is 200 Å². The lowest BCUT2D eigenvalue weighted by Crippen LogP contribution is -2.37. The van der Waals surface area contributed by atoms with Gasteiger partial charge in [0.1, 0.15) is 0 Å². The number of hydrogen-bond acceptors (Lipinski definition) is 1. The van der Waals surface area contributed by atoms with Crippen molar-refractivity contribution in [3.8, 4) is 11.1 Å². The van der Waals surface area contributed by atoms with Crippen LogP contribution in [0.25, 0.3) is 22.3 Å². The third-order valence-electron chi connectivity index (χ3n) is 14.6. The molecular formula is C62H49N. The molecule has 0 aliphatic heterocycles. The fourth-order valence-electron chi connectivity index (χ4n) is 12.1. The van der Waals surface area contributed by atoms with Crippen molar-refractivity contribution in [3.05, 3.63) is 281 Å². The molecule has 2 atom stereocenters. The van der Waals surface area contributed by atoms with E-state index in [9.17, 15) is 0 Å². The summed E-state index contributed by atoms with van der Waals surface area (Å²) in [6.07, 6.45) is 24.2. The van der Waals surface area contributed by atoms with Gasteiger partial charge in [-0.15, -0.1) is 0 Å². The summed E-state index contributed by atoms with van der Waals surface area (Å²) < 4.78 is 0. The average Bonchev–Trinajstić information content (AvgIpc) is 3.83. The predicted octanol–water partition coefficient (Wildman–Crippen LogP) is 15.8. The summed E-state index contributed by atoms with van der Waals surface area (Å²) in [5, 5.41) is 0. The molecule has 0 aromatic heterocycles. The van der Waals surface area contributed by atoms with Crippen LogP contribution in [-0.4, -0.2) is 0 Å². The summed E-state index contributed by atoms with van der Waals surface area (Å²) in [6.45, 7) is 0. The maximum absolute atomic E-state index is 2.57. The van der Waals surface area contributed by atoms with Gasteiger partial charge in [0.2, 0.25) is 0 Å². The van der Waals surface area contributed by atoms with E-state index in [1.807, 2.05) is 0 Å². The molecule has 0 amide bonds. The van der Waals surface area contributed by atoms with E-state index in [-0.39, 0.29) is 11.3 Å². The molecule has 0 radical (unpaired) electrons. The van der Waals surface area contributed by atoms with Gasteiger partial charge < -0.3 is 4.90 Å². The summed E-state index contributed by atoms with van der Waals surface area (Å²) in [5.41, 5.74) is 20.4. The summed E-state index contributed by atoms with van der Waals surface area (Å²) in [6, 6.07) is 68.6. The van der Waals surface area contributed by atoms with Gasteiger partial charge in [0, 0.05) is 22.4 Å². The second-order valence-electron chi connectivity index (χ2n) is 17.7. The highest BCUT2D eigenvalue weighted by molar-refractivity contribution is 5.95. The molecule has 0 bridgehead atoms. The fourth-order valence-corrected chi connectivity index (χ4v) is 12.1. The quantitative estimate of drug-likeness (QED) is 0.148. The Labute approximate surface area is 372 Å². The number of fused-ring (bicyclic) bond motifs is 4. The van der Waals surface area contributed by atoms with E-state index < -0.39 is 5.41 Å². The Bertz CT molecular complexity index is 3030. The average molecular weight is 808 g/mol. The molecule has 7 aromatic rings. The molecule has 1 nitrogen and oxygen atoms in total. The van der Waals surface area contributed by atoms with Crippen LogP contribution < -0.4 is 4.90 Å². The lowest BCUT2D eigenvalue weighted by Gasteiger charge is -2.42. The normalized spacial score (nSPS) is 20.0. The first-order valence-electron chi connectivity index (χ1n) is 22.8. The maximum atomic E-state index is 2.57. The Morgan fingerprint density at radius 1 is 0.476 bits per heavy atom. The zero-order chi connectivity index (χ0) is 41.8. The van der Waals surface area contributed by atoms with Crippen LogP contribution in [0.1, 0.15) is 71.0 Å². The first-order chi connectivity index (χ1) is 31.3. The van der Waals surface area contributed by atoms with Gasteiger partial charge in [-0.25, -0.2) is 0 Å². The molecule has 7 aromatic carbocycles. The van der Waals surface area contributed by atoms with E-state index in [0.29, 0.717) is 0 Å². The molecule has 0 fully saturated rings. The summed E-state index contributed by atoms with van der Waals surface area (Å²) in [7, 11) is 0. The standard InChI is InChI=1S/C62H49N/c1-6-22-44(23-7-1)51-32-18-21-37-60(51)63(49-38-40-54-52-33-16-19-35-56(52)61(58(54)42-49,45-24-8-2-9-25-45)46-26-10-3-11-27-46)50-39-41-55-53-34-17-20-36-57(53)62(59(55)43-50,47-28-12-4-13-29-47)48-30-14-5-15-31-48/h1-16,18,20-26,28-33,36-43,46H,17,19,27,34-35H2. The van der Waals surface area contributed by atoms with Crippen molar-refractivity contribution in [2.45, 2.75) is 42.9 Å². The van der Waals surface area contributed by atoms with Crippen molar-refractivity contribution >= 4 is 28.2 Å². The third kappa shape index (κ3) is 5.69. The highest BCUT2D eigenvalue weighted by Crippen LogP contribution is 2.61. The molecule has 0 N–H and O–H groups in total. The minimum absolute atomic E-state index is 0.283. The molecule has 302 valence electrons. The van der Waals surface area contributed by atoms with E-state index in [1.165, 1.54) is 66.8 Å². The fraction of sp³-hybridized carbons (Fsp3) is 0.129. The largest absolute Gasteiger partial charge is 0.310 e. The van der Waals surface area contributed by atoms with Crippen molar-refractivity contribution in [2.24, 2.45) is 5.92 Å². The Hall–Kier alpha value is -7.22. The van der Waals surface area contributed by atoms with Gasteiger partial charge in [-0.3, -0.25) is 0 Å². The van der Waals surface area contributed by atoms with Crippen LogP contribution >= 0.6 is 0 Å². The zero-order valence-corrected chi connectivity index (χ0v) is 35.5. The van der Waals surface area contributed by atoms with E-state index >= 15 is 0 Å². The Morgan fingerprint density at radius 2 is 1.08 bits per heavy atom. The van der Waals surface area contributed by atoms with E-state index in [2.05, 4.69) is 235 Å². The van der Waals surface area contributed by atoms with Crippen molar-refractivity contribution in [3.63, 3.8) is 0 Å². The summed E-state index contributed by atoms with van der Waals surface area (Å²) in [4.78, 5) is 2.57. The van der Waals surface area contributed by atoms with Crippen molar-refractivity contribution < 1.29 is 0 Å². The number of hydrogen-bond donors (Lipinski definition) is 0. The lowest BCUT2D eigenvalue weighted by atomic mass is 9.60. The van der Waals surface area contributed by atoms with Crippen LogP contribution in [0.4, 0.5) is 17.1 Å². The van der Waals surface area contributed by atoms with Gasteiger partial charge in [0.05, 0.1) is 11.1 Å². The molecule has 5 aliphatic rings. The lowest BCUT2D eigenvalue weighted by molar-refractivity contribution is 0.435. The first-order valence-corrected chi connectivity index (χ1v) is 22.8. The number of anilines is 3. The van der Waals surface area contributed by atoms with Gasteiger partial charge in [0.15, 0.2) is 0 Å². The minimum Gasteiger partial charge on any atom is -0.310 e. The second-order valence-corrected chi connectivity index (χ2v) is 17.7. The van der Waals surface area contributed by atoms with E-state index in [0.717, 1.165) is 49.2 Å². The predicted molar refractivity (Wildman–Crippen MR) is 264 cm³/mol. The molecule has 0 saturated heterocycles. The van der Waals surface area contributed by atoms with Crippen LogP contribution in [0.15, 0.2) is 242 Å². The van der Waals surface area contributed by atoms with Crippen molar-refractivity contribution in [1.82, 2.24) is 0 Å². The molecular weight excluding hydrogens is 759 g/mol. The van der Waals surface area contributed by atoms with Crippen LogP contribution in [0, 0.1) is 5.92 Å². The monoisotopic (exact) mass is 807 g/mol. The molecule has 2 unspecified atom stereocenters. The highest BCUT2D eigenvalue weighted by atomic mass is 15.1. The maximum Gasteiger partial charge on any atom is 0.0710 e. The number of allylic oxidation sites excluding steroid dienone is 12. The Morgan fingerprint density at radius 3 is 1.78 bits per heavy atom. The van der Waals surface area contributed by atoms with Gasteiger partial charge in [0.25, 0.3) is 0 Å². The van der Waals surface area contributed by atoms with Crippen molar-refractivity contribution in [2.75, 3.05) is 4.90 Å². The van der Waals surface area contributed by atoms with Crippen molar-refractivity contribution in [1.29, 1.82) is 0 Å². The molecule has 12 rings (SSSR count).